The number of likely N-dealkylation sites (tertiary alicyclic amines) is 1. The van der Waals surface area contributed by atoms with Crippen LogP contribution in [0, 0.1) is 17.8 Å². The second kappa shape index (κ2) is 9.05. The molecule has 0 spiro atoms. The van der Waals surface area contributed by atoms with Crippen LogP contribution in [0.1, 0.15) is 57.8 Å². The molecule has 1 aliphatic heterocycles. The first kappa shape index (κ1) is 21.9. The first-order valence-electron chi connectivity index (χ1n) is 11.2. The molecular formula is C22H33ClF3NO2. The zero-order valence-corrected chi connectivity index (χ0v) is 17.8. The van der Waals surface area contributed by atoms with E-state index in [4.69, 9.17) is 16.3 Å². The van der Waals surface area contributed by atoms with Crippen LogP contribution in [0.15, 0.2) is 11.9 Å². The van der Waals surface area contributed by atoms with Crippen LogP contribution in [0.5, 0.6) is 0 Å². The minimum Gasteiger partial charge on any atom is -0.381 e. The molecule has 0 bridgehead atoms. The summed E-state index contributed by atoms with van der Waals surface area (Å²) >= 11 is 6.62. The number of aliphatic hydroxyl groups is 1. The lowest BCUT2D eigenvalue weighted by Crippen LogP contribution is -2.63. The molecule has 0 aromatic carbocycles. The zero-order valence-electron chi connectivity index (χ0n) is 17.0. The van der Waals surface area contributed by atoms with Crippen LogP contribution < -0.4 is 0 Å². The van der Waals surface area contributed by atoms with Gasteiger partial charge in [0.05, 0.1) is 12.1 Å². The quantitative estimate of drug-likeness (QED) is 0.639. The Morgan fingerprint density at radius 2 is 1.79 bits per heavy atom. The molecule has 0 radical (unpaired) electrons. The molecule has 10 atom stereocenters. The molecule has 10 unspecified atom stereocenters. The summed E-state index contributed by atoms with van der Waals surface area (Å²) in [4.78, 5) is 1.70. The van der Waals surface area contributed by atoms with Crippen molar-refractivity contribution >= 4 is 11.6 Å². The number of nitrogens with zero attached hydrogens (tertiary/aromatic N) is 1. The number of aliphatic hydroxyl groups excluding tert-OH is 1. The third-order valence-electron chi connectivity index (χ3n) is 7.94. The molecule has 3 nitrogen and oxygen atoms in total. The van der Waals surface area contributed by atoms with Gasteiger partial charge in [-0.25, -0.2) is 13.2 Å². The molecule has 2 saturated carbocycles. The van der Waals surface area contributed by atoms with Gasteiger partial charge in [-0.1, -0.05) is 6.08 Å². The molecule has 4 rings (SSSR count). The molecule has 0 aromatic rings. The van der Waals surface area contributed by atoms with Crippen LogP contribution in [0.3, 0.4) is 0 Å². The first-order chi connectivity index (χ1) is 13.9. The molecule has 0 amide bonds. The van der Waals surface area contributed by atoms with Gasteiger partial charge in [0.2, 0.25) is 0 Å². The van der Waals surface area contributed by atoms with Gasteiger partial charge in [0.25, 0.3) is 0 Å². The number of fused-ring (bicyclic) bond motifs is 1. The normalized spacial score (nSPS) is 49.4. The molecule has 1 saturated heterocycles. The van der Waals surface area contributed by atoms with Crippen LogP contribution >= 0.6 is 11.6 Å². The summed E-state index contributed by atoms with van der Waals surface area (Å²) in [6.45, 7) is 0. The van der Waals surface area contributed by atoms with E-state index in [-0.39, 0.29) is 41.7 Å². The molecule has 1 heterocycles. The second-order valence-electron chi connectivity index (χ2n) is 9.45. The van der Waals surface area contributed by atoms with Crippen molar-refractivity contribution in [3.63, 3.8) is 0 Å². The van der Waals surface area contributed by atoms with Crippen molar-refractivity contribution in [2.75, 3.05) is 7.11 Å². The molecular weight excluding hydrogens is 403 g/mol. The molecule has 1 N–H and O–H groups in total. The fraction of sp³-hybridized carbons (Fsp3) is 0.909. The fourth-order valence-corrected chi connectivity index (χ4v) is 7.08. The van der Waals surface area contributed by atoms with Gasteiger partial charge in [-0.3, -0.25) is 4.90 Å². The summed E-state index contributed by atoms with van der Waals surface area (Å²) in [5.74, 6) is 0.123. The zero-order chi connectivity index (χ0) is 20.7. The Morgan fingerprint density at radius 3 is 2.48 bits per heavy atom. The van der Waals surface area contributed by atoms with Gasteiger partial charge in [0, 0.05) is 18.5 Å². The summed E-state index contributed by atoms with van der Waals surface area (Å²) in [6, 6.07) is -1.17. The van der Waals surface area contributed by atoms with Gasteiger partial charge in [0.15, 0.2) is 0 Å². The average Bonchev–Trinajstić information content (AvgIpc) is 2.68. The van der Waals surface area contributed by atoms with E-state index in [0.29, 0.717) is 32.1 Å². The predicted molar refractivity (Wildman–Crippen MR) is 107 cm³/mol. The van der Waals surface area contributed by atoms with E-state index in [1.54, 1.807) is 12.0 Å². The highest BCUT2D eigenvalue weighted by atomic mass is 35.5. The SMILES string of the molecule is COC1CC(C2CCC(F)CC2Cl)C2CCC(O)N(C3C(F)=CCCC3F)C2C1. The molecule has 0 aromatic heterocycles. The molecule has 4 aliphatic rings. The lowest BCUT2D eigenvalue weighted by atomic mass is 9.62. The van der Waals surface area contributed by atoms with Crippen LogP contribution in [-0.4, -0.2) is 59.3 Å². The summed E-state index contributed by atoms with van der Waals surface area (Å²) in [5.41, 5.74) is 0. The van der Waals surface area contributed by atoms with Crippen molar-refractivity contribution < 1.29 is 23.0 Å². The molecule has 166 valence electrons. The maximum Gasteiger partial charge on any atom is 0.122 e. The average molecular weight is 436 g/mol. The number of allylic oxidation sites excluding steroid dienone is 1. The largest absolute Gasteiger partial charge is 0.381 e. The van der Waals surface area contributed by atoms with Crippen molar-refractivity contribution in [3.8, 4) is 0 Å². The van der Waals surface area contributed by atoms with Gasteiger partial charge in [0.1, 0.15) is 24.4 Å². The smallest absolute Gasteiger partial charge is 0.122 e. The number of halogens is 4. The minimum atomic E-state index is -1.32. The Kier molecular flexibility index (Phi) is 6.84. The van der Waals surface area contributed by atoms with E-state index < -0.39 is 30.4 Å². The number of methoxy groups -OCH3 is 1. The Hall–Kier alpha value is -0.300. The van der Waals surface area contributed by atoms with E-state index in [1.165, 1.54) is 6.08 Å². The van der Waals surface area contributed by atoms with E-state index in [1.807, 2.05) is 0 Å². The number of piperidine rings is 1. The predicted octanol–water partition coefficient (Wildman–Crippen LogP) is 4.91. The standard InChI is InChI=1S/C22H33ClF3NO2/c1-29-13-10-16(14-6-5-12(24)9-17(14)23)15-7-8-21(28)27(20(15)11-13)22-18(25)3-2-4-19(22)26/h3,12-17,19-22,28H,2,4-11H2,1H3. The molecule has 29 heavy (non-hydrogen) atoms. The number of ether oxygens (including phenoxy) is 1. The molecule has 7 heteroatoms. The van der Waals surface area contributed by atoms with Crippen molar-refractivity contribution in [3.05, 3.63) is 11.9 Å². The highest BCUT2D eigenvalue weighted by Crippen LogP contribution is 2.50. The number of hydrogen-bond acceptors (Lipinski definition) is 3. The monoisotopic (exact) mass is 435 g/mol. The topological polar surface area (TPSA) is 32.7 Å². The summed E-state index contributed by atoms with van der Waals surface area (Å²) < 4.78 is 49.1. The van der Waals surface area contributed by atoms with Crippen LogP contribution in [0.4, 0.5) is 13.2 Å². The fourth-order valence-electron chi connectivity index (χ4n) is 6.58. The van der Waals surface area contributed by atoms with Crippen molar-refractivity contribution in [1.29, 1.82) is 0 Å². The lowest BCUT2D eigenvalue weighted by molar-refractivity contribution is -0.157. The number of rotatable bonds is 3. The number of hydrogen-bond donors (Lipinski definition) is 1. The first-order valence-corrected chi connectivity index (χ1v) is 11.6. The van der Waals surface area contributed by atoms with Crippen LogP contribution in [0.25, 0.3) is 0 Å². The Morgan fingerprint density at radius 1 is 1.03 bits per heavy atom. The van der Waals surface area contributed by atoms with E-state index in [0.717, 1.165) is 19.3 Å². The van der Waals surface area contributed by atoms with Gasteiger partial charge in [-0.05, 0) is 75.5 Å². The second-order valence-corrected chi connectivity index (χ2v) is 10.0. The minimum absolute atomic E-state index is 0.0466. The highest BCUT2D eigenvalue weighted by molar-refractivity contribution is 6.20. The summed E-state index contributed by atoms with van der Waals surface area (Å²) in [5, 5.41) is 10.6. The Bertz CT molecular complexity index is 609. The van der Waals surface area contributed by atoms with Crippen LogP contribution in [0.2, 0.25) is 0 Å². The van der Waals surface area contributed by atoms with Crippen molar-refractivity contribution in [1.82, 2.24) is 4.90 Å². The maximum absolute atomic E-state index is 14.8. The third kappa shape index (κ3) is 4.24. The van der Waals surface area contributed by atoms with E-state index in [2.05, 4.69) is 0 Å². The number of alkyl halides is 3. The third-order valence-corrected chi connectivity index (χ3v) is 8.44. The molecule has 3 aliphatic carbocycles. The maximum atomic E-state index is 14.8. The lowest BCUT2D eigenvalue weighted by Gasteiger charge is -2.56. The summed E-state index contributed by atoms with van der Waals surface area (Å²) in [7, 11) is 1.67. The van der Waals surface area contributed by atoms with E-state index in [9.17, 15) is 18.3 Å². The summed E-state index contributed by atoms with van der Waals surface area (Å²) in [6.07, 6.45) is 3.49. The Balaban J connectivity index is 1.63. The highest BCUT2D eigenvalue weighted by Gasteiger charge is 2.52. The van der Waals surface area contributed by atoms with Crippen LogP contribution in [-0.2, 0) is 4.74 Å². The van der Waals surface area contributed by atoms with Gasteiger partial charge < -0.3 is 9.84 Å². The Labute approximate surface area is 176 Å². The van der Waals surface area contributed by atoms with Gasteiger partial charge in [-0.15, -0.1) is 11.6 Å². The van der Waals surface area contributed by atoms with E-state index >= 15 is 0 Å². The van der Waals surface area contributed by atoms with Gasteiger partial charge >= 0.3 is 0 Å². The van der Waals surface area contributed by atoms with Crippen molar-refractivity contribution in [2.45, 2.75) is 99.9 Å². The molecule has 3 fully saturated rings. The van der Waals surface area contributed by atoms with Gasteiger partial charge in [-0.2, -0.15) is 0 Å². The van der Waals surface area contributed by atoms with Crippen molar-refractivity contribution in [2.24, 2.45) is 17.8 Å².